The number of hydrogen-bond donors (Lipinski definition) is 1. The van der Waals surface area contributed by atoms with Crippen molar-refractivity contribution in [2.45, 2.75) is 18.3 Å². The molecule has 0 heterocycles. The van der Waals surface area contributed by atoms with Crippen molar-refractivity contribution in [3.8, 4) is 0 Å². The molecular formula is C24H25N. The van der Waals surface area contributed by atoms with E-state index in [9.17, 15) is 0 Å². The molecule has 0 aliphatic heterocycles. The zero-order valence-corrected chi connectivity index (χ0v) is 14.6. The van der Waals surface area contributed by atoms with E-state index in [1.807, 2.05) is 12.1 Å². The van der Waals surface area contributed by atoms with Crippen molar-refractivity contribution in [3.05, 3.63) is 115 Å². The highest BCUT2D eigenvalue weighted by Gasteiger charge is 2.33. The molecule has 0 aromatic heterocycles. The van der Waals surface area contributed by atoms with Crippen molar-refractivity contribution in [1.82, 2.24) is 0 Å². The highest BCUT2D eigenvalue weighted by atomic mass is 14.9. The summed E-state index contributed by atoms with van der Waals surface area (Å²) in [4.78, 5) is 0. The first-order valence-electron chi connectivity index (χ1n) is 8.86. The Morgan fingerprint density at radius 3 is 1.68 bits per heavy atom. The van der Waals surface area contributed by atoms with Gasteiger partial charge in [0.2, 0.25) is 0 Å². The van der Waals surface area contributed by atoms with Gasteiger partial charge in [-0.2, -0.15) is 0 Å². The van der Waals surface area contributed by atoms with Crippen molar-refractivity contribution in [3.63, 3.8) is 0 Å². The SMILES string of the molecule is C=CCCC(CNc1ccccc1)(c1ccccc1)c1ccccc1. The smallest absolute Gasteiger partial charge is 0.0378 e. The average Bonchev–Trinajstić information content (AvgIpc) is 2.71. The van der Waals surface area contributed by atoms with Crippen LogP contribution < -0.4 is 5.32 Å². The second-order valence-electron chi connectivity index (χ2n) is 6.36. The van der Waals surface area contributed by atoms with E-state index in [-0.39, 0.29) is 5.41 Å². The van der Waals surface area contributed by atoms with Crippen molar-refractivity contribution in [2.24, 2.45) is 0 Å². The van der Waals surface area contributed by atoms with E-state index in [4.69, 9.17) is 0 Å². The third-order valence-corrected chi connectivity index (χ3v) is 4.80. The standard InChI is InChI=1S/C24H25N/c1-2-3-19-24(21-13-7-4-8-14-21,22-15-9-5-10-16-22)20-25-23-17-11-6-12-18-23/h2,4-18,25H,1,3,19-20H2. The number of hydrogen-bond acceptors (Lipinski definition) is 1. The maximum atomic E-state index is 3.95. The van der Waals surface area contributed by atoms with Gasteiger partial charge in [0, 0.05) is 17.6 Å². The zero-order valence-electron chi connectivity index (χ0n) is 14.6. The van der Waals surface area contributed by atoms with Crippen LogP contribution in [0.5, 0.6) is 0 Å². The van der Waals surface area contributed by atoms with Crippen LogP contribution in [0.3, 0.4) is 0 Å². The molecule has 1 heteroatoms. The van der Waals surface area contributed by atoms with Gasteiger partial charge in [0.05, 0.1) is 0 Å². The fourth-order valence-electron chi connectivity index (χ4n) is 3.42. The molecular weight excluding hydrogens is 302 g/mol. The first kappa shape index (κ1) is 17.0. The van der Waals surface area contributed by atoms with E-state index in [1.54, 1.807) is 0 Å². The fourth-order valence-corrected chi connectivity index (χ4v) is 3.42. The zero-order chi connectivity index (χ0) is 17.4. The van der Waals surface area contributed by atoms with Crippen LogP contribution in [0.25, 0.3) is 0 Å². The molecule has 126 valence electrons. The van der Waals surface area contributed by atoms with Gasteiger partial charge in [-0.05, 0) is 36.1 Å². The highest BCUT2D eigenvalue weighted by molar-refractivity contribution is 5.47. The molecule has 1 N–H and O–H groups in total. The average molecular weight is 327 g/mol. The van der Waals surface area contributed by atoms with Crippen LogP contribution in [0, 0.1) is 0 Å². The minimum Gasteiger partial charge on any atom is -0.384 e. The second kappa shape index (κ2) is 8.34. The maximum absolute atomic E-state index is 3.95. The van der Waals surface area contributed by atoms with Crippen LogP contribution in [0.4, 0.5) is 5.69 Å². The lowest BCUT2D eigenvalue weighted by Crippen LogP contribution is -2.35. The molecule has 0 bridgehead atoms. The van der Waals surface area contributed by atoms with Gasteiger partial charge in [-0.3, -0.25) is 0 Å². The van der Waals surface area contributed by atoms with Gasteiger partial charge in [-0.1, -0.05) is 84.9 Å². The van der Waals surface area contributed by atoms with Crippen LogP contribution in [-0.2, 0) is 5.41 Å². The number of nitrogens with one attached hydrogen (secondary N) is 1. The van der Waals surface area contributed by atoms with Gasteiger partial charge in [0.15, 0.2) is 0 Å². The quantitative estimate of drug-likeness (QED) is 0.496. The molecule has 1 nitrogen and oxygen atoms in total. The minimum atomic E-state index is -0.0907. The molecule has 0 atom stereocenters. The molecule has 0 amide bonds. The van der Waals surface area contributed by atoms with Crippen molar-refractivity contribution in [1.29, 1.82) is 0 Å². The number of anilines is 1. The fraction of sp³-hybridized carbons (Fsp3) is 0.167. The third kappa shape index (κ3) is 4.00. The van der Waals surface area contributed by atoms with E-state index < -0.39 is 0 Å². The molecule has 0 saturated heterocycles. The summed E-state index contributed by atoms with van der Waals surface area (Å²) in [6.07, 6.45) is 4.01. The first-order chi connectivity index (χ1) is 12.3. The number of allylic oxidation sites excluding steroid dienone is 1. The van der Waals surface area contributed by atoms with Gasteiger partial charge in [0.25, 0.3) is 0 Å². The Labute approximate surface area is 151 Å². The van der Waals surface area contributed by atoms with Crippen molar-refractivity contribution >= 4 is 5.69 Å². The van der Waals surface area contributed by atoms with E-state index in [2.05, 4.69) is 96.8 Å². The molecule has 0 aliphatic rings. The molecule has 3 rings (SSSR count). The van der Waals surface area contributed by atoms with E-state index >= 15 is 0 Å². The topological polar surface area (TPSA) is 12.0 Å². The summed E-state index contributed by atoms with van der Waals surface area (Å²) in [6.45, 7) is 4.80. The normalized spacial score (nSPS) is 11.0. The number of rotatable bonds is 8. The van der Waals surface area contributed by atoms with Gasteiger partial charge < -0.3 is 5.32 Å². The second-order valence-corrected chi connectivity index (χ2v) is 6.36. The summed E-state index contributed by atoms with van der Waals surface area (Å²) in [6, 6.07) is 32.1. The van der Waals surface area contributed by atoms with Gasteiger partial charge in [0.1, 0.15) is 0 Å². The van der Waals surface area contributed by atoms with Crippen molar-refractivity contribution in [2.75, 3.05) is 11.9 Å². The van der Waals surface area contributed by atoms with Crippen molar-refractivity contribution < 1.29 is 0 Å². The van der Waals surface area contributed by atoms with Crippen LogP contribution in [0.15, 0.2) is 104 Å². The minimum absolute atomic E-state index is 0.0907. The Morgan fingerprint density at radius 2 is 1.20 bits per heavy atom. The van der Waals surface area contributed by atoms with E-state index in [1.165, 1.54) is 11.1 Å². The lowest BCUT2D eigenvalue weighted by molar-refractivity contribution is 0.501. The Balaban J connectivity index is 2.02. The number of benzene rings is 3. The Kier molecular flexibility index (Phi) is 5.69. The summed E-state index contributed by atoms with van der Waals surface area (Å²) < 4.78 is 0. The predicted octanol–water partition coefficient (Wildman–Crippen LogP) is 6.05. The molecule has 0 fully saturated rings. The Bertz CT molecular complexity index is 723. The molecule has 0 unspecified atom stereocenters. The van der Waals surface area contributed by atoms with Gasteiger partial charge in [-0.15, -0.1) is 6.58 Å². The summed E-state index contributed by atoms with van der Waals surface area (Å²) in [7, 11) is 0. The molecule has 0 radical (unpaired) electrons. The van der Waals surface area contributed by atoms with Crippen LogP contribution in [-0.4, -0.2) is 6.54 Å². The molecule has 3 aromatic carbocycles. The molecule has 25 heavy (non-hydrogen) atoms. The van der Waals surface area contributed by atoms with Gasteiger partial charge >= 0.3 is 0 Å². The molecule has 0 saturated carbocycles. The van der Waals surface area contributed by atoms with Crippen LogP contribution >= 0.6 is 0 Å². The lowest BCUT2D eigenvalue weighted by atomic mass is 9.71. The van der Waals surface area contributed by atoms with Crippen LogP contribution in [0.2, 0.25) is 0 Å². The van der Waals surface area contributed by atoms with Gasteiger partial charge in [-0.25, -0.2) is 0 Å². The number of para-hydroxylation sites is 1. The van der Waals surface area contributed by atoms with E-state index in [0.717, 1.165) is 25.1 Å². The monoisotopic (exact) mass is 327 g/mol. The third-order valence-electron chi connectivity index (χ3n) is 4.80. The maximum Gasteiger partial charge on any atom is 0.0378 e. The predicted molar refractivity (Wildman–Crippen MR) is 108 cm³/mol. The van der Waals surface area contributed by atoms with E-state index in [0.29, 0.717) is 0 Å². The summed E-state index contributed by atoms with van der Waals surface area (Å²) in [5.41, 5.74) is 3.74. The summed E-state index contributed by atoms with van der Waals surface area (Å²) in [5, 5.41) is 3.66. The lowest BCUT2D eigenvalue weighted by Gasteiger charge is -2.36. The summed E-state index contributed by atoms with van der Waals surface area (Å²) >= 11 is 0. The van der Waals surface area contributed by atoms with Crippen LogP contribution in [0.1, 0.15) is 24.0 Å². The summed E-state index contributed by atoms with van der Waals surface area (Å²) in [5.74, 6) is 0. The largest absolute Gasteiger partial charge is 0.384 e. The molecule has 0 spiro atoms. The first-order valence-corrected chi connectivity index (χ1v) is 8.86. The Hall–Kier alpha value is -2.80. The molecule has 0 aliphatic carbocycles. The highest BCUT2D eigenvalue weighted by Crippen LogP contribution is 2.37. The molecule has 3 aromatic rings. The Morgan fingerprint density at radius 1 is 0.720 bits per heavy atom.